The second-order valence-corrected chi connectivity index (χ2v) is 8.10. The van der Waals surface area contributed by atoms with Crippen LogP contribution in [-0.2, 0) is 4.79 Å². The van der Waals surface area contributed by atoms with E-state index in [1.807, 2.05) is 12.1 Å². The third-order valence-electron chi connectivity index (χ3n) is 6.40. The van der Waals surface area contributed by atoms with E-state index in [4.69, 9.17) is 5.26 Å². The zero-order valence-corrected chi connectivity index (χ0v) is 16.0. The Kier molecular flexibility index (Phi) is 5.58. The summed E-state index contributed by atoms with van der Waals surface area (Å²) in [6, 6.07) is 6.49. The van der Waals surface area contributed by atoms with Gasteiger partial charge in [0.1, 0.15) is 11.9 Å². The van der Waals surface area contributed by atoms with Gasteiger partial charge in [0.05, 0.1) is 11.5 Å². The van der Waals surface area contributed by atoms with E-state index in [1.54, 1.807) is 6.20 Å². The summed E-state index contributed by atoms with van der Waals surface area (Å²) in [6.45, 7) is 5.98. The summed E-state index contributed by atoms with van der Waals surface area (Å²) in [5.41, 5.74) is 0.607. The molecule has 0 bridgehead atoms. The van der Waals surface area contributed by atoms with Gasteiger partial charge in [-0.3, -0.25) is 9.69 Å². The number of anilines is 1. The molecule has 27 heavy (non-hydrogen) atoms. The van der Waals surface area contributed by atoms with Crippen LogP contribution in [0.25, 0.3) is 0 Å². The number of aromatic nitrogens is 1. The second kappa shape index (κ2) is 8.26. The van der Waals surface area contributed by atoms with Crippen molar-refractivity contribution in [3.05, 3.63) is 23.9 Å². The molecule has 3 aliphatic rings. The minimum atomic E-state index is 0.204. The van der Waals surface area contributed by atoms with Crippen molar-refractivity contribution in [1.82, 2.24) is 14.8 Å². The van der Waals surface area contributed by atoms with Gasteiger partial charge >= 0.3 is 0 Å². The zero-order valence-electron chi connectivity index (χ0n) is 16.0. The molecule has 6 heteroatoms. The molecule has 4 heterocycles. The summed E-state index contributed by atoms with van der Waals surface area (Å²) in [7, 11) is 0. The molecular formula is C21H29N5O. The predicted molar refractivity (Wildman–Crippen MR) is 104 cm³/mol. The number of nitrogens with zero attached hydrogens (tertiary/aromatic N) is 5. The average molecular weight is 367 g/mol. The Morgan fingerprint density at radius 2 is 1.81 bits per heavy atom. The van der Waals surface area contributed by atoms with Crippen molar-refractivity contribution in [3.63, 3.8) is 0 Å². The topological polar surface area (TPSA) is 63.5 Å². The second-order valence-electron chi connectivity index (χ2n) is 8.10. The Balaban J connectivity index is 1.30. The third kappa shape index (κ3) is 4.08. The first-order chi connectivity index (χ1) is 13.2. The number of pyridine rings is 1. The maximum Gasteiger partial charge on any atom is 0.226 e. The van der Waals surface area contributed by atoms with Gasteiger partial charge in [-0.25, -0.2) is 4.98 Å². The number of carbonyl (C=O) groups excluding carboxylic acids is 1. The first kappa shape index (κ1) is 18.2. The van der Waals surface area contributed by atoms with Gasteiger partial charge in [0, 0.05) is 45.0 Å². The number of likely N-dealkylation sites (tertiary alicyclic amines) is 2. The van der Waals surface area contributed by atoms with Gasteiger partial charge in [-0.05, 0) is 57.2 Å². The van der Waals surface area contributed by atoms with Gasteiger partial charge in [0.15, 0.2) is 0 Å². The fourth-order valence-electron chi connectivity index (χ4n) is 4.83. The highest BCUT2D eigenvalue weighted by Crippen LogP contribution is 2.27. The van der Waals surface area contributed by atoms with Crippen molar-refractivity contribution >= 4 is 11.7 Å². The van der Waals surface area contributed by atoms with E-state index in [1.165, 1.54) is 12.8 Å². The van der Waals surface area contributed by atoms with Gasteiger partial charge in [0.2, 0.25) is 5.91 Å². The molecular weight excluding hydrogens is 338 g/mol. The van der Waals surface area contributed by atoms with Crippen LogP contribution in [0.3, 0.4) is 0 Å². The van der Waals surface area contributed by atoms with Crippen LogP contribution in [0.15, 0.2) is 18.3 Å². The van der Waals surface area contributed by atoms with Crippen LogP contribution in [0.5, 0.6) is 0 Å². The highest BCUT2D eigenvalue weighted by Gasteiger charge is 2.34. The SMILES string of the molecule is N#Cc1ccc(N2CCC(N3CCC[C@H](C(=O)N4CCCC4)C3)CC2)nc1. The largest absolute Gasteiger partial charge is 0.357 e. The van der Waals surface area contributed by atoms with Gasteiger partial charge in [-0.2, -0.15) is 5.26 Å². The number of amides is 1. The van der Waals surface area contributed by atoms with Gasteiger partial charge in [-0.15, -0.1) is 0 Å². The fourth-order valence-corrected chi connectivity index (χ4v) is 4.83. The molecule has 4 rings (SSSR count). The Labute approximate surface area is 161 Å². The molecule has 0 spiro atoms. The van der Waals surface area contributed by atoms with E-state index in [0.717, 1.165) is 70.8 Å². The summed E-state index contributed by atoms with van der Waals surface area (Å²) in [5.74, 6) is 1.57. The predicted octanol–water partition coefficient (Wildman–Crippen LogP) is 2.26. The third-order valence-corrected chi connectivity index (χ3v) is 6.40. The number of hydrogen-bond acceptors (Lipinski definition) is 5. The summed E-state index contributed by atoms with van der Waals surface area (Å²) in [5, 5.41) is 8.91. The van der Waals surface area contributed by atoms with Crippen molar-refractivity contribution in [2.75, 3.05) is 44.2 Å². The standard InChI is InChI=1S/C21H29N5O/c22-14-17-5-6-20(23-15-17)24-12-7-19(8-13-24)26-11-3-4-18(16-26)21(27)25-9-1-2-10-25/h5-6,15,18-19H,1-4,7-13,16H2/t18-/m0/s1. The van der Waals surface area contributed by atoms with Gasteiger partial charge in [0.25, 0.3) is 0 Å². The Morgan fingerprint density at radius 1 is 1.04 bits per heavy atom. The lowest BCUT2D eigenvalue weighted by molar-refractivity contribution is -0.136. The molecule has 0 unspecified atom stereocenters. The molecule has 3 aliphatic heterocycles. The molecule has 0 radical (unpaired) electrons. The van der Waals surface area contributed by atoms with E-state index >= 15 is 0 Å². The summed E-state index contributed by atoms with van der Waals surface area (Å²) >= 11 is 0. The van der Waals surface area contributed by atoms with Gasteiger partial charge < -0.3 is 9.80 Å². The highest BCUT2D eigenvalue weighted by atomic mass is 16.2. The van der Waals surface area contributed by atoms with Crippen LogP contribution < -0.4 is 4.90 Å². The normalized spacial score (nSPS) is 24.8. The van der Waals surface area contributed by atoms with Crippen LogP contribution in [0.4, 0.5) is 5.82 Å². The van der Waals surface area contributed by atoms with E-state index in [-0.39, 0.29) is 5.92 Å². The molecule has 0 N–H and O–H groups in total. The average Bonchev–Trinajstić information content (AvgIpc) is 3.28. The smallest absolute Gasteiger partial charge is 0.226 e. The lowest BCUT2D eigenvalue weighted by Gasteiger charge is -2.42. The van der Waals surface area contributed by atoms with E-state index in [2.05, 4.69) is 25.8 Å². The van der Waals surface area contributed by atoms with E-state index in [0.29, 0.717) is 17.5 Å². The molecule has 6 nitrogen and oxygen atoms in total. The van der Waals surface area contributed by atoms with Crippen molar-refractivity contribution in [2.24, 2.45) is 5.92 Å². The molecule has 3 fully saturated rings. The Bertz CT molecular complexity index is 684. The fraction of sp³-hybridized carbons (Fsp3) is 0.667. The first-order valence-electron chi connectivity index (χ1n) is 10.4. The zero-order chi connectivity index (χ0) is 18.6. The highest BCUT2D eigenvalue weighted by molar-refractivity contribution is 5.79. The monoisotopic (exact) mass is 367 g/mol. The molecule has 0 aliphatic carbocycles. The van der Waals surface area contributed by atoms with Gasteiger partial charge in [-0.1, -0.05) is 0 Å². The summed E-state index contributed by atoms with van der Waals surface area (Å²) < 4.78 is 0. The van der Waals surface area contributed by atoms with E-state index < -0.39 is 0 Å². The Hall–Kier alpha value is -2.13. The number of hydrogen-bond donors (Lipinski definition) is 0. The number of carbonyl (C=O) groups is 1. The summed E-state index contributed by atoms with van der Waals surface area (Å²) in [4.78, 5) is 24.2. The maximum atomic E-state index is 12.8. The lowest BCUT2D eigenvalue weighted by Crippen LogP contribution is -2.51. The Morgan fingerprint density at radius 3 is 2.48 bits per heavy atom. The van der Waals surface area contributed by atoms with Crippen LogP contribution in [-0.4, -0.2) is 66.0 Å². The van der Waals surface area contributed by atoms with Crippen molar-refractivity contribution in [1.29, 1.82) is 5.26 Å². The molecule has 144 valence electrons. The number of piperidine rings is 2. The quantitative estimate of drug-likeness (QED) is 0.820. The van der Waals surface area contributed by atoms with Crippen LogP contribution >= 0.6 is 0 Å². The number of rotatable bonds is 3. The minimum absolute atomic E-state index is 0.204. The maximum absolute atomic E-state index is 12.8. The van der Waals surface area contributed by atoms with Crippen LogP contribution in [0.2, 0.25) is 0 Å². The van der Waals surface area contributed by atoms with Crippen molar-refractivity contribution in [2.45, 2.75) is 44.6 Å². The molecule has 1 aromatic heterocycles. The van der Waals surface area contributed by atoms with E-state index in [9.17, 15) is 4.79 Å². The first-order valence-corrected chi connectivity index (χ1v) is 10.4. The molecule has 0 aromatic carbocycles. The lowest BCUT2D eigenvalue weighted by atomic mass is 9.93. The van der Waals surface area contributed by atoms with Crippen molar-refractivity contribution in [3.8, 4) is 6.07 Å². The number of nitriles is 1. The molecule has 0 saturated carbocycles. The summed E-state index contributed by atoms with van der Waals surface area (Å²) in [6.07, 6.45) is 8.43. The minimum Gasteiger partial charge on any atom is -0.357 e. The molecule has 3 saturated heterocycles. The molecule has 1 aromatic rings. The molecule has 1 amide bonds. The van der Waals surface area contributed by atoms with Crippen LogP contribution in [0, 0.1) is 17.2 Å². The van der Waals surface area contributed by atoms with Crippen molar-refractivity contribution < 1.29 is 4.79 Å². The molecule has 1 atom stereocenters. The van der Waals surface area contributed by atoms with Crippen LogP contribution in [0.1, 0.15) is 44.1 Å².